The largest absolute Gasteiger partial charge is 0.433 e. The topological polar surface area (TPSA) is 50.3 Å². The molecule has 2 unspecified atom stereocenters. The quantitative estimate of drug-likeness (QED) is 0.772. The van der Waals surface area contributed by atoms with Gasteiger partial charge in [0.15, 0.2) is 5.69 Å². The third-order valence-electron chi connectivity index (χ3n) is 7.75. The van der Waals surface area contributed by atoms with E-state index >= 15 is 0 Å². The summed E-state index contributed by atoms with van der Waals surface area (Å²) in [5, 5.41) is 3.39. The first-order valence-corrected chi connectivity index (χ1v) is 11.3. The molecule has 0 aromatic carbocycles. The molecule has 1 aromatic rings. The van der Waals surface area contributed by atoms with Crippen molar-refractivity contribution in [1.29, 1.82) is 0 Å². The lowest BCUT2D eigenvalue weighted by atomic mass is 9.53. The minimum absolute atomic E-state index is 0.0552. The molecular formula is C22H31F3N4O. The molecule has 30 heavy (non-hydrogen) atoms. The molecule has 1 saturated heterocycles. The number of hydrogen-bond donors (Lipinski definition) is 1. The van der Waals surface area contributed by atoms with Crippen LogP contribution in [0.3, 0.4) is 0 Å². The summed E-state index contributed by atoms with van der Waals surface area (Å²) in [6, 6.07) is 0.110. The summed E-state index contributed by atoms with van der Waals surface area (Å²) < 4.78 is 47.2. The highest BCUT2D eigenvalue weighted by Crippen LogP contribution is 2.56. The normalized spacial score (nSPS) is 38.8. The fourth-order valence-corrected chi connectivity index (χ4v) is 6.87. The number of nitrogens with zero attached hydrogens (tertiary/aromatic N) is 3. The van der Waals surface area contributed by atoms with Crippen molar-refractivity contribution in [1.82, 2.24) is 14.9 Å². The third-order valence-corrected chi connectivity index (χ3v) is 7.75. The van der Waals surface area contributed by atoms with Crippen LogP contribution in [-0.4, -0.2) is 45.7 Å². The maximum atomic E-state index is 13.9. The van der Waals surface area contributed by atoms with Gasteiger partial charge in [-0.3, -0.25) is 4.90 Å². The lowest BCUT2D eigenvalue weighted by molar-refractivity contribution is -0.142. The van der Waals surface area contributed by atoms with Gasteiger partial charge in [0.25, 0.3) is 0 Å². The van der Waals surface area contributed by atoms with Crippen LogP contribution in [0.1, 0.15) is 63.6 Å². The van der Waals surface area contributed by atoms with Crippen molar-refractivity contribution in [2.75, 3.05) is 18.5 Å². The minimum Gasteiger partial charge on any atom is -0.378 e. The van der Waals surface area contributed by atoms with Gasteiger partial charge in [-0.05, 0) is 70.1 Å². The fraction of sp³-hybridized carbons (Fsp3) is 0.818. The number of rotatable bonds is 4. The number of alkyl halides is 3. The van der Waals surface area contributed by atoms with E-state index in [1.807, 2.05) is 18.7 Å². The van der Waals surface area contributed by atoms with E-state index in [1.54, 1.807) is 0 Å². The van der Waals surface area contributed by atoms with Crippen molar-refractivity contribution in [3.8, 4) is 0 Å². The highest BCUT2D eigenvalue weighted by atomic mass is 19.4. The number of nitrogens with one attached hydrogen (secondary N) is 1. The van der Waals surface area contributed by atoms with Crippen LogP contribution in [0.25, 0.3) is 0 Å². The number of anilines is 1. The zero-order valence-corrected chi connectivity index (χ0v) is 17.7. The smallest absolute Gasteiger partial charge is 0.378 e. The second-order valence-corrected chi connectivity index (χ2v) is 10.3. The Kier molecular flexibility index (Phi) is 5.01. The molecule has 6 rings (SSSR count). The van der Waals surface area contributed by atoms with Gasteiger partial charge in [-0.1, -0.05) is 0 Å². The van der Waals surface area contributed by atoms with E-state index in [9.17, 15) is 13.2 Å². The molecule has 4 saturated carbocycles. The Hall–Kier alpha value is -1.41. The molecule has 5 fully saturated rings. The van der Waals surface area contributed by atoms with Crippen molar-refractivity contribution in [2.45, 2.75) is 82.7 Å². The van der Waals surface area contributed by atoms with Gasteiger partial charge in [0, 0.05) is 35.9 Å². The Morgan fingerprint density at radius 2 is 1.63 bits per heavy atom. The van der Waals surface area contributed by atoms with Crippen molar-refractivity contribution < 1.29 is 17.9 Å². The third kappa shape index (κ3) is 3.81. The number of ether oxygens (including phenoxy) is 1. The van der Waals surface area contributed by atoms with Crippen molar-refractivity contribution >= 4 is 5.95 Å². The molecule has 5 nitrogen and oxygen atoms in total. The molecule has 0 radical (unpaired) electrons. The highest BCUT2D eigenvalue weighted by molar-refractivity contribution is 5.36. The van der Waals surface area contributed by atoms with Crippen LogP contribution in [0.15, 0.2) is 6.20 Å². The first-order valence-electron chi connectivity index (χ1n) is 11.3. The van der Waals surface area contributed by atoms with E-state index in [0.717, 1.165) is 19.3 Å². The van der Waals surface area contributed by atoms with E-state index in [4.69, 9.17) is 4.74 Å². The second-order valence-electron chi connectivity index (χ2n) is 10.3. The Labute approximate surface area is 175 Å². The zero-order valence-electron chi connectivity index (χ0n) is 17.7. The van der Waals surface area contributed by atoms with Crippen molar-refractivity contribution in [2.24, 2.45) is 17.8 Å². The Morgan fingerprint density at radius 1 is 1.07 bits per heavy atom. The van der Waals surface area contributed by atoms with Crippen molar-refractivity contribution in [3.05, 3.63) is 17.5 Å². The Balaban J connectivity index is 1.40. The van der Waals surface area contributed by atoms with Crippen LogP contribution in [-0.2, 0) is 17.5 Å². The predicted molar refractivity (Wildman–Crippen MR) is 107 cm³/mol. The van der Waals surface area contributed by atoms with E-state index in [-0.39, 0.29) is 35.7 Å². The van der Waals surface area contributed by atoms with Gasteiger partial charge >= 0.3 is 6.18 Å². The van der Waals surface area contributed by atoms with Gasteiger partial charge in [-0.2, -0.15) is 13.2 Å². The molecule has 0 amide bonds. The maximum absolute atomic E-state index is 13.9. The second kappa shape index (κ2) is 7.33. The molecule has 1 aliphatic heterocycles. The lowest BCUT2D eigenvalue weighted by Crippen LogP contribution is -2.55. The zero-order chi connectivity index (χ0) is 21.1. The fourth-order valence-electron chi connectivity index (χ4n) is 6.87. The monoisotopic (exact) mass is 424 g/mol. The number of aromatic nitrogens is 2. The van der Waals surface area contributed by atoms with Gasteiger partial charge in [-0.25, -0.2) is 9.97 Å². The number of morpholine rings is 1. The van der Waals surface area contributed by atoms with Crippen LogP contribution < -0.4 is 5.32 Å². The van der Waals surface area contributed by atoms with Crippen LogP contribution >= 0.6 is 0 Å². The summed E-state index contributed by atoms with van der Waals surface area (Å²) in [5.41, 5.74) is -0.790. The summed E-state index contributed by atoms with van der Waals surface area (Å²) in [4.78, 5) is 10.4. The lowest BCUT2D eigenvalue weighted by Gasteiger charge is -2.56. The Bertz CT molecular complexity index is 754. The Morgan fingerprint density at radius 3 is 2.17 bits per heavy atom. The number of hydrogen-bond acceptors (Lipinski definition) is 5. The SMILES string of the molecule is CC1COCC(C)N1Cc1cnc(NC23CC4CC(CC(C4)C2)C3)nc1C(F)(F)F. The van der Waals surface area contributed by atoms with Crippen LogP contribution in [0.5, 0.6) is 0 Å². The average molecular weight is 425 g/mol. The molecule has 1 N–H and O–H groups in total. The standard InChI is InChI=1S/C22H31F3N4O/c1-13-11-30-12-14(2)29(13)10-18-9-26-20(27-19(18)22(23,24)25)28-21-6-15-3-16(7-21)5-17(4-15)8-21/h9,13-17H,3-8,10-12H2,1-2H3,(H,26,27,28). The first-order chi connectivity index (χ1) is 14.2. The van der Waals surface area contributed by atoms with Gasteiger partial charge in [-0.15, -0.1) is 0 Å². The van der Waals surface area contributed by atoms with E-state index in [1.165, 1.54) is 25.5 Å². The summed E-state index contributed by atoms with van der Waals surface area (Å²) in [6.07, 6.45) is 3.83. The van der Waals surface area contributed by atoms with Crippen molar-refractivity contribution in [3.63, 3.8) is 0 Å². The molecular weight excluding hydrogens is 393 g/mol. The van der Waals surface area contributed by atoms with Gasteiger partial charge in [0.2, 0.25) is 5.95 Å². The van der Waals surface area contributed by atoms with Crippen LogP contribution in [0.2, 0.25) is 0 Å². The first kappa shape index (κ1) is 20.5. The van der Waals surface area contributed by atoms with Gasteiger partial charge < -0.3 is 10.1 Å². The molecule has 1 aromatic heterocycles. The molecule has 2 heterocycles. The summed E-state index contributed by atoms with van der Waals surface area (Å²) in [6.45, 7) is 5.19. The van der Waals surface area contributed by atoms with Gasteiger partial charge in [0.05, 0.1) is 13.2 Å². The molecule has 2 atom stereocenters. The minimum atomic E-state index is -4.51. The van der Waals surface area contributed by atoms with Crippen LogP contribution in [0, 0.1) is 17.8 Å². The summed E-state index contributed by atoms with van der Waals surface area (Å²) in [5.74, 6) is 2.24. The molecule has 5 aliphatic rings. The average Bonchev–Trinajstić information content (AvgIpc) is 2.63. The molecule has 0 spiro atoms. The molecule has 8 heteroatoms. The van der Waals surface area contributed by atoms with E-state index < -0.39 is 11.9 Å². The molecule has 166 valence electrons. The molecule has 4 bridgehead atoms. The maximum Gasteiger partial charge on any atom is 0.433 e. The predicted octanol–water partition coefficient (Wildman–Crippen LogP) is 4.49. The van der Waals surface area contributed by atoms with E-state index in [0.29, 0.717) is 31.0 Å². The van der Waals surface area contributed by atoms with E-state index in [2.05, 4.69) is 15.3 Å². The molecule has 4 aliphatic carbocycles. The van der Waals surface area contributed by atoms with Crippen LogP contribution in [0.4, 0.5) is 19.1 Å². The summed E-state index contributed by atoms with van der Waals surface area (Å²) in [7, 11) is 0. The number of halogens is 3. The summed E-state index contributed by atoms with van der Waals surface area (Å²) >= 11 is 0. The highest BCUT2D eigenvalue weighted by Gasteiger charge is 2.51. The van der Waals surface area contributed by atoms with Gasteiger partial charge in [0.1, 0.15) is 0 Å².